The van der Waals surface area contributed by atoms with Crippen LogP contribution < -0.4 is 4.46 Å². The van der Waals surface area contributed by atoms with E-state index in [4.69, 9.17) is 16.3 Å². The minimum atomic E-state index is -0.760. The molecule has 31 heavy (non-hydrogen) atoms. The quantitative estimate of drug-likeness (QED) is 0.408. The van der Waals surface area contributed by atoms with Gasteiger partial charge >= 0.3 is 191 Å². The van der Waals surface area contributed by atoms with E-state index in [1.165, 1.54) is 4.46 Å². The van der Waals surface area contributed by atoms with E-state index in [9.17, 15) is 9.59 Å². The fourth-order valence-electron chi connectivity index (χ4n) is 4.04. The molecule has 0 fully saturated rings. The van der Waals surface area contributed by atoms with Crippen molar-refractivity contribution in [3.63, 3.8) is 0 Å². The maximum atomic E-state index is 13.0. The number of hydrogen-bond acceptors (Lipinski definition) is 5. The van der Waals surface area contributed by atoms with Crippen molar-refractivity contribution in [1.82, 2.24) is 15.0 Å². The van der Waals surface area contributed by atoms with Gasteiger partial charge in [-0.15, -0.1) is 0 Å². The Morgan fingerprint density at radius 1 is 1.06 bits per heavy atom. The first kappa shape index (κ1) is 20.2. The summed E-state index contributed by atoms with van der Waals surface area (Å²) in [7, 11) is 0. The molecule has 8 heteroatoms. The Balaban J connectivity index is 1.47. The van der Waals surface area contributed by atoms with Gasteiger partial charge in [0.25, 0.3) is 0 Å². The van der Waals surface area contributed by atoms with Crippen LogP contribution in [-0.4, -0.2) is 47.1 Å². The van der Waals surface area contributed by atoms with Crippen LogP contribution in [0.5, 0.6) is 0 Å². The van der Waals surface area contributed by atoms with E-state index in [1.807, 2.05) is 56.4 Å². The number of carbonyl (C=O) groups excluding carboxylic acids is 2. The molecule has 6 nitrogen and oxygen atoms in total. The third-order valence-electron chi connectivity index (χ3n) is 5.43. The van der Waals surface area contributed by atoms with Gasteiger partial charge in [0, 0.05) is 0 Å². The first-order chi connectivity index (χ1) is 14.8. The zero-order chi connectivity index (χ0) is 21.8. The number of rotatable bonds is 4. The maximum absolute atomic E-state index is 13.0. The number of ketones is 2. The number of nitrogens with zero attached hydrogens (tertiary/aromatic N) is 3. The van der Waals surface area contributed by atoms with Gasteiger partial charge in [-0.1, -0.05) is 0 Å². The van der Waals surface area contributed by atoms with Gasteiger partial charge in [0.15, 0.2) is 0 Å². The van der Waals surface area contributed by atoms with Gasteiger partial charge < -0.3 is 0 Å². The fourth-order valence-corrected chi connectivity index (χ4v) is 5.79. The first-order valence-electron chi connectivity index (χ1n) is 9.76. The monoisotopic (exact) mass is 499 g/mol. The van der Waals surface area contributed by atoms with E-state index in [1.54, 1.807) is 16.8 Å². The number of hydrogen-bond donors (Lipinski definition) is 0. The molecular weight excluding hydrogens is 481 g/mol. The summed E-state index contributed by atoms with van der Waals surface area (Å²) in [6, 6.07) is 14.3. The number of Topliss-reactive ketones (excluding diaryl/α,β-unsaturated/α-hetero) is 2. The van der Waals surface area contributed by atoms with Crippen LogP contribution in [0.2, 0.25) is 5.02 Å². The predicted molar refractivity (Wildman–Crippen MR) is 117 cm³/mol. The van der Waals surface area contributed by atoms with Crippen molar-refractivity contribution < 1.29 is 14.3 Å². The predicted octanol–water partition coefficient (Wildman–Crippen LogP) is 2.99. The van der Waals surface area contributed by atoms with E-state index in [2.05, 4.69) is 10.3 Å². The molecule has 0 amide bonds. The minimum absolute atomic E-state index is 0.174. The van der Waals surface area contributed by atoms with Crippen LogP contribution in [0.1, 0.15) is 41.5 Å². The van der Waals surface area contributed by atoms with Crippen molar-refractivity contribution in [2.75, 3.05) is 0 Å². The van der Waals surface area contributed by atoms with Crippen molar-refractivity contribution in [3.05, 3.63) is 82.1 Å². The van der Waals surface area contributed by atoms with Crippen LogP contribution in [0.4, 0.5) is 0 Å². The summed E-state index contributed by atoms with van der Waals surface area (Å²) in [5, 5.41) is 10.1. The fraction of sp³-hybridized carbons (Fsp3) is 0.217. The molecule has 0 radical (unpaired) electrons. The van der Waals surface area contributed by atoms with Crippen molar-refractivity contribution in [1.29, 1.82) is 0 Å². The Morgan fingerprint density at radius 3 is 2.52 bits per heavy atom. The molecule has 0 N–H and O–H groups in total. The van der Waals surface area contributed by atoms with Crippen molar-refractivity contribution in [2.45, 2.75) is 30.8 Å². The van der Waals surface area contributed by atoms with Gasteiger partial charge in [-0.3, -0.25) is 0 Å². The Morgan fingerprint density at radius 2 is 1.77 bits per heavy atom. The normalized spacial score (nSPS) is 19.3. The molecule has 5 rings (SSSR count). The zero-order valence-electron chi connectivity index (χ0n) is 16.8. The van der Waals surface area contributed by atoms with Gasteiger partial charge in [0.05, 0.1) is 0 Å². The number of aromatic nitrogens is 3. The van der Waals surface area contributed by atoms with Gasteiger partial charge in [0.1, 0.15) is 0 Å². The van der Waals surface area contributed by atoms with Gasteiger partial charge in [0.2, 0.25) is 0 Å². The molecule has 0 saturated heterocycles. The van der Waals surface area contributed by atoms with Crippen molar-refractivity contribution >= 4 is 48.3 Å². The van der Waals surface area contributed by atoms with E-state index in [0.717, 1.165) is 11.0 Å². The van der Waals surface area contributed by atoms with E-state index in [0.29, 0.717) is 27.5 Å². The van der Waals surface area contributed by atoms with Crippen LogP contribution in [0.25, 0.3) is 5.76 Å². The molecule has 3 aromatic rings. The Kier molecular flexibility index (Phi) is 4.85. The molecule has 1 atom stereocenters. The van der Waals surface area contributed by atoms with E-state index >= 15 is 0 Å². The van der Waals surface area contributed by atoms with Crippen molar-refractivity contribution in [3.8, 4) is 0 Å². The van der Waals surface area contributed by atoms with Gasteiger partial charge in [-0.2, -0.15) is 0 Å². The molecule has 2 aliphatic rings. The van der Waals surface area contributed by atoms with Gasteiger partial charge in [-0.05, 0) is 0 Å². The molecule has 0 bridgehead atoms. The molecular formula is C23H18ClN3O3Se. The number of ether oxygens (including phenoxy) is 1. The standard InChI is InChI=1S/C23H18ClN3O3Se/c1-23(2)22(18-20(29)19(28)16-5-3-4-6-17(16)21(18)30-23)27-11-14(25-26-27)12-31-15-9-7-13(24)8-10-15/h3-11,22H,12H2,1-2H3. The summed E-state index contributed by atoms with van der Waals surface area (Å²) >= 11 is 6.13. The summed E-state index contributed by atoms with van der Waals surface area (Å²) in [6.07, 6.45) is 1.85. The second-order valence-corrected chi connectivity index (χ2v) is 10.6. The molecule has 1 aliphatic heterocycles. The zero-order valence-corrected chi connectivity index (χ0v) is 19.3. The van der Waals surface area contributed by atoms with Crippen molar-refractivity contribution in [2.24, 2.45) is 0 Å². The Bertz CT molecular complexity index is 1250. The second-order valence-electron chi connectivity index (χ2n) is 7.99. The van der Waals surface area contributed by atoms with Crippen LogP contribution in [0.3, 0.4) is 0 Å². The topological polar surface area (TPSA) is 74.1 Å². The van der Waals surface area contributed by atoms with Crippen LogP contribution in [0.15, 0.2) is 60.3 Å². The number of halogens is 1. The molecule has 0 saturated carbocycles. The average molecular weight is 499 g/mol. The summed E-state index contributed by atoms with van der Waals surface area (Å²) < 4.78 is 9.10. The molecule has 0 spiro atoms. The second kappa shape index (κ2) is 7.45. The summed E-state index contributed by atoms with van der Waals surface area (Å²) in [5.41, 5.74) is 1.46. The Hall–Kier alpha value is -2.73. The van der Waals surface area contributed by atoms with Crippen LogP contribution in [-0.2, 0) is 14.9 Å². The number of fused-ring (bicyclic) bond motifs is 2. The van der Waals surface area contributed by atoms with E-state index < -0.39 is 23.2 Å². The average Bonchev–Trinajstić information content (AvgIpc) is 3.32. The first-order valence-corrected chi connectivity index (χ1v) is 12.2. The third kappa shape index (κ3) is 3.43. The third-order valence-corrected chi connectivity index (χ3v) is 7.88. The number of benzene rings is 2. The van der Waals surface area contributed by atoms with Gasteiger partial charge in [-0.25, -0.2) is 0 Å². The van der Waals surface area contributed by atoms with Crippen LogP contribution in [0, 0.1) is 0 Å². The molecule has 156 valence electrons. The SMILES string of the molecule is CC1(C)OC2=C(C(=O)C(=O)c3ccccc32)C1n1cc(C[Se]c2ccc(Cl)cc2)nn1. The Labute approximate surface area is 190 Å². The molecule has 2 heterocycles. The van der Waals surface area contributed by atoms with E-state index in [-0.39, 0.29) is 15.0 Å². The molecule has 1 aromatic heterocycles. The summed E-state index contributed by atoms with van der Waals surface area (Å²) in [4.78, 5) is 25.8. The number of carbonyl (C=O) groups is 2. The van der Waals surface area contributed by atoms with Crippen LogP contribution >= 0.6 is 11.6 Å². The summed E-state index contributed by atoms with van der Waals surface area (Å²) in [5.74, 6) is -0.573. The molecule has 2 aromatic carbocycles. The summed E-state index contributed by atoms with van der Waals surface area (Å²) in [6.45, 7) is 3.80. The molecule has 1 unspecified atom stereocenters. The molecule has 1 aliphatic carbocycles.